The number of benzene rings is 1. The predicted octanol–water partition coefficient (Wildman–Crippen LogP) is 4.07. The van der Waals surface area contributed by atoms with Crippen LogP contribution < -0.4 is 10.6 Å². The summed E-state index contributed by atoms with van der Waals surface area (Å²) in [6.45, 7) is 6.93. The molecule has 0 fully saturated rings. The highest BCUT2D eigenvalue weighted by molar-refractivity contribution is 9.10. The van der Waals surface area contributed by atoms with Gasteiger partial charge in [0, 0.05) is 23.4 Å². The minimum absolute atomic E-state index is 0.145. The molecule has 1 amide bonds. The van der Waals surface area contributed by atoms with E-state index in [1.54, 1.807) is 0 Å². The fourth-order valence-corrected chi connectivity index (χ4v) is 2.52. The number of anilines is 2. The number of rotatable bonds is 6. The van der Waals surface area contributed by atoms with Gasteiger partial charge in [-0.25, -0.2) is 9.97 Å². The quantitative estimate of drug-likeness (QED) is 0.797. The molecule has 5 nitrogen and oxygen atoms in total. The van der Waals surface area contributed by atoms with Gasteiger partial charge in [0.05, 0.1) is 11.3 Å². The number of nitrogens with one attached hydrogen (secondary N) is 2. The molecule has 0 radical (unpaired) electrons. The lowest BCUT2D eigenvalue weighted by molar-refractivity contribution is 0.0951. The monoisotopic (exact) mass is 376 g/mol. The first-order valence-electron chi connectivity index (χ1n) is 7.59. The maximum Gasteiger partial charge on any atom is 0.254 e. The van der Waals surface area contributed by atoms with Crippen molar-refractivity contribution in [1.29, 1.82) is 0 Å². The molecule has 6 heteroatoms. The van der Waals surface area contributed by atoms with E-state index in [0.29, 0.717) is 24.0 Å². The maximum absolute atomic E-state index is 12.0. The van der Waals surface area contributed by atoms with E-state index >= 15 is 0 Å². The Kier molecular flexibility index (Phi) is 6.10. The van der Waals surface area contributed by atoms with Crippen molar-refractivity contribution in [2.24, 2.45) is 5.92 Å². The van der Waals surface area contributed by atoms with Crippen LogP contribution in [-0.4, -0.2) is 22.4 Å². The van der Waals surface area contributed by atoms with Gasteiger partial charge >= 0.3 is 0 Å². The van der Waals surface area contributed by atoms with Crippen molar-refractivity contribution in [2.75, 3.05) is 11.9 Å². The van der Waals surface area contributed by atoms with E-state index in [-0.39, 0.29) is 5.91 Å². The smallest absolute Gasteiger partial charge is 0.254 e. The molecule has 0 spiro atoms. The number of carbonyl (C=O) groups is 1. The maximum atomic E-state index is 12.0. The fourth-order valence-electron chi connectivity index (χ4n) is 1.93. The zero-order chi connectivity index (χ0) is 16.8. The molecule has 0 aliphatic rings. The van der Waals surface area contributed by atoms with Gasteiger partial charge in [0.1, 0.15) is 0 Å². The lowest BCUT2D eigenvalue weighted by atomic mass is 10.1. The summed E-state index contributed by atoms with van der Waals surface area (Å²) in [5, 5.41) is 5.99. The second-order valence-electron chi connectivity index (χ2n) is 5.84. The molecule has 0 bridgehead atoms. The molecule has 23 heavy (non-hydrogen) atoms. The van der Waals surface area contributed by atoms with Crippen LogP contribution in [0.1, 0.15) is 36.2 Å². The van der Waals surface area contributed by atoms with Gasteiger partial charge in [-0.15, -0.1) is 0 Å². The molecule has 0 saturated heterocycles. The van der Waals surface area contributed by atoms with Gasteiger partial charge < -0.3 is 10.6 Å². The Balaban J connectivity index is 1.97. The largest absolute Gasteiger partial charge is 0.352 e. The van der Waals surface area contributed by atoms with Crippen molar-refractivity contribution >= 4 is 33.5 Å². The number of nitrogens with zero attached hydrogens (tertiary/aromatic N) is 2. The van der Waals surface area contributed by atoms with Gasteiger partial charge in [-0.1, -0.05) is 19.9 Å². The third-order valence-electron chi connectivity index (χ3n) is 3.29. The van der Waals surface area contributed by atoms with Crippen molar-refractivity contribution in [3.8, 4) is 0 Å². The van der Waals surface area contributed by atoms with Crippen LogP contribution in [0.5, 0.6) is 0 Å². The van der Waals surface area contributed by atoms with Crippen LogP contribution in [-0.2, 0) is 0 Å². The van der Waals surface area contributed by atoms with E-state index < -0.39 is 0 Å². The predicted molar refractivity (Wildman–Crippen MR) is 96.0 cm³/mol. The first-order valence-corrected chi connectivity index (χ1v) is 8.38. The molecule has 122 valence electrons. The Labute approximate surface area is 145 Å². The molecule has 1 aromatic carbocycles. The second-order valence-corrected chi connectivity index (χ2v) is 6.70. The molecule has 2 rings (SSSR count). The molecular formula is C17H21BrN4O. The molecule has 2 N–H and O–H groups in total. The molecule has 0 saturated carbocycles. The van der Waals surface area contributed by atoms with E-state index in [0.717, 1.165) is 22.1 Å². The van der Waals surface area contributed by atoms with Gasteiger partial charge in [0.15, 0.2) is 0 Å². The number of hydrogen-bond acceptors (Lipinski definition) is 4. The van der Waals surface area contributed by atoms with Gasteiger partial charge in [-0.3, -0.25) is 4.79 Å². The average molecular weight is 377 g/mol. The molecule has 2 aromatic rings. The summed E-state index contributed by atoms with van der Waals surface area (Å²) in [6, 6.07) is 5.97. The summed E-state index contributed by atoms with van der Waals surface area (Å²) >= 11 is 3.50. The van der Waals surface area contributed by atoms with Crippen molar-refractivity contribution in [3.05, 3.63) is 46.2 Å². The molecule has 0 aliphatic carbocycles. The highest BCUT2D eigenvalue weighted by Gasteiger charge is 2.08. The SMILES string of the molecule is Cc1ccc(Nc2ncc(C(=O)NCCC(C)C)cn2)c(Br)c1. The third kappa shape index (κ3) is 5.32. The Bertz CT molecular complexity index is 671. The summed E-state index contributed by atoms with van der Waals surface area (Å²) in [7, 11) is 0. The van der Waals surface area contributed by atoms with Crippen molar-refractivity contribution in [2.45, 2.75) is 27.2 Å². The Morgan fingerprint density at radius 1 is 1.26 bits per heavy atom. The lowest BCUT2D eigenvalue weighted by Crippen LogP contribution is -2.25. The van der Waals surface area contributed by atoms with Gasteiger partial charge in [0.25, 0.3) is 5.91 Å². The normalized spacial score (nSPS) is 10.7. The van der Waals surface area contributed by atoms with Gasteiger partial charge in [-0.05, 0) is 52.9 Å². The van der Waals surface area contributed by atoms with Crippen molar-refractivity contribution < 1.29 is 4.79 Å². The van der Waals surface area contributed by atoms with Crippen LogP contribution in [0.4, 0.5) is 11.6 Å². The van der Waals surface area contributed by atoms with Crippen LogP contribution in [0, 0.1) is 12.8 Å². The molecular weight excluding hydrogens is 356 g/mol. The van der Waals surface area contributed by atoms with E-state index in [1.165, 1.54) is 12.4 Å². The van der Waals surface area contributed by atoms with Crippen LogP contribution in [0.15, 0.2) is 35.1 Å². The zero-order valence-electron chi connectivity index (χ0n) is 13.6. The molecule has 1 aromatic heterocycles. The first kappa shape index (κ1) is 17.4. The van der Waals surface area contributed by atoms with Gasteiger partial charge in [-0.2, -0.15) is 0 Å². The Morgan fingerprint density at radius 3 is 2.57 bits per heavy atom. The Hall–Kier alpha value is -1.95. The topological polar surface area (TPSA) is 66.9 Å². The number of carbonyl (C=O) groups excluding carboxylic acids is 1. The second kappa shape index (κ2) is 8.06. The number of halogens is 1. The standard InChI is InChI=1S/C17H21BrN4O/c1-11(2)6-7-19-16(23)13-9-20-17(21-10-13)22-15-5-4-12(3)8-14(15)18/h4-5,8-11H,6-7H2,1-3H3,(H,19,23)(H,20,21,22). The molecule has 0 aliphatic heterocycles. The number of hydrogen-bond donors (Lipinski definition) is 2. The summed E-state index contributed by atoms with van der Waals surface area (Å²) < 4.78 is 0.941. The average Bonchev–Trinajstić information content (AvgIpc) is 2.50. The highest BCUT2D eigenvalue weighted by Crippen LogP contribution is 2.25. The van der Waals surface area contributed by atoms with E-state index in [9.17, 15) is 4.79 Å². The molecule has 0 atom stereocenters. The van der Waals surface area contributed by atoms with Gasteiger partial charge in [0.2, 0.25) is 5.95 Å². The first-order chi connectivity index (χ1) is 11.0. The van der Waals surface area contributed by atoms with Crippen LogP contribution >= 0.6 is 15.9 Å². The third-order valence-corrected chi connectivity index (χ3v) is 3.95. The lowest BCUT2D eigenvalue weighted by Gasteiger charge is -2.09. The zero-order valence-corrected chi connectivity index (χ0v) is 15.1. The highest BCUT2D eigenvalue weighted by atomic mass is 79.9. The number of aromatic nitrogens is 2. The van der Waals surface area contributed by atoms with Crippen LogP contribution in [0.25, 0.3) is 0 Å². The molecule has 1 heterocycles. The van der Waals surface area contributed by atoms with Crippen LogP contribution in [0.2, 0.25) is 0 Å². The summed E-state index contributed by atoms with van der Waals surface area (Å²) in [4.78, 5) is 20.4. The summed E-state index contributed by atoms with van der Waals surface area (Å²) in [6.07, 6.45) is 4.01. The van der Waals surface area contributed by atoms with E-state index in [1.807, 2.05) is 25.1 Å². The fraction of sp³-hybridized carbons (Fsp3) is 0.353. The van der Waals surface area contributed by atoms with E-state index in [2.05, 4.69) is 50.4 Å². The minimum atomic E-state index is -0.145. The van der Waals surface area contributed by atoms with Crippen molar-refractivity contribution in [1.82, 2.24) is 15.3 Å². The van der Waals surface area contributed by atoms with E-state index in [4.69, 9.17) is 0 Å². The number of aryl methyl sites for hydroxylation is 1. The van der Waals surface area contributed by atoms with Crippen molar-refractivity contribution in [3.63, 3.8) is 0 Å². The van der Waals surface area contributed by atoms with Crippen LogP contribution in [0.3, 0.4) is 0 Å². The number of amides is 1. The summed E-state index contributed by atoms with van der Waals surface area (Å²) in [5.74, 6) is 0.869. The summed E-state index contributed by atoms with van der Waals surface area (Å²) in [5.41, 5.74) is 2.50. The minimum Gasteiger partial charge on any atom is -0.352 e. The Morgan fingerprint density at radius 2 is 1.96 bits per heavy atom. The molecule has 0 unspecified atom stereocenters.